The molecule has 0 unspecified atom stereocenters. The number of rotatable bonds is 6. The molecule has 0 saturated heterocycles. The van der Waals surface area contributed by atoms with Gasteiger partial charge in [0.2, 0.25) is 5.91 Å². The predicted octanol–water partition coefficient (Wildman–Crippen LogP) is 2.37. The molecule has 3 N–H and O–H groups in total. The number of nitrogens with zero attached hydrogens (tertiary/aromatic N) is 1. The highest BCUT2D eigenvalue weighted by atomic mass is 16.6. The van der Waals surface area contributed by atoms with Crippen LogP contribution in [0, 0.1) is 0 Å². The van der Waals surface area contributed by atoms with Crippen molar-refractivity contribution in [2.75, 3.05) is 23.7 Å². The molecule has 1 heterocycles. The minimum atomic E-state index is -0.482. The van der Waals surface area contributed by atoms with Crippen molar-refractivity contribution in [1.82, 2.24) is 10.3 Å². The van der Waals surface area contributed by atoms with Gasteiger partial charge >= 0.3 is 6.09 Å². The summed E-state index contributed by atoms with van der Waals surface area (Å²) in [6.07, 6.45) is 1.99. The lowest BCUT2D eigenvalue weighted by atomic mass is 10.2. The number of alkyl carbamates (subject to hydrolysis) is 1. The SMILES string of the molecule is CC(=O)Nc1ccc(NCCCNC(=O)OC(C)(C)C)cn1. The minimum Gasteiger partial charge on any atom is -0.444 e. The first kappa shape index (κ1) is 17.7. The molecule has 0 aromatic carbocycles. The Morgan fingerprint density at radius 2 is 1.95 bits per heavy atom. The third-order valence-corrected chi connectivity index (χ3v) is 2.42. The van der Waals surface area contributed by atoms with E-state index in [-0.39, 0.29) is 5.91 Å². The van der Waals surface area contributed by atoms with Gasteiger partial charge in [-0.15, -0.1) is 0 Å². The molecule has 1 aromatic heterocycles. The molecule has 122 valence electrons. The summed E-state index contributed by atoms with van der Waals surface area (Å²) >= 11 is 0. The van der Waals surface area contributed by atoms with Crippen LogP contribution in [-0.2, 0) is 9.53 Å². The summed E-state index contributed by atoms with van der Waals surface area (Å²) in [4.78, 5) is 26.4. The van der Waals surface area contributed by atoms with Gasteiger partial charge in [0.05, 0.1) is 11.9 Å². The first-order valence-electron chi connectivity index (χ1n) is 7.20. The number of hydrogen-bond donors (Lipinski definition) is 3. The average molecular weight is 308 g/mol. The zero-order valence-electron chi connectivity index (χ0n) is 13.5. The van der Waals surface area contributed by atoms with Crippen molar-refractivity contribution in [2.45, 2.75) is 39.7 Å². The Morgan fingerprint density at radius 1 is 1.23 bits per heavy atom. The van der Waals surface area contributed by atoms with Crippen molar-refractivity contribution in [3.05, 3.63) is 18.3 Å². The topological polar surface area (TPSA) is 92.4 Å². The molecule has 1 aromatic rings. The van der Waals surface area contributed by atoms with Crippen LogP contribution >= 0.6 is 0 Å². The fourth-order valence-electron chi connectivity index (χ4n) is 1.58. The number of carbonyl (C=O) groups is 2. The number of ether oxygens (including phenoxy) is 1. The number of aromatic nitrogens is 1. The Kier molecular flexibility index (Phi) is 6.62. The summed E-state index contributed by atoms with van der Waals surface area (Å²) in [6.45, 7) is 8.13. The van der Waals surface area contributed by atoms with E-state index in [0.717, 1.165) is 12.1 Å². The van der Waals surface area contributed by atoms with Crippen molar-refractivity contribution in [3.63, 3.8) is 0 Å². The van der Waals surface area contributed by atoms with Gasteiger partial charge in [0.15, 0.2) is 0 Å². The van der Waals surface area contributed by atoms with Crippen LogP contribution in [0.2, 0.25) is 0 Å². The molecule has 7 heteroatoms. The highest BCUT2D eigenvalue weighted by molar-refractivity contribution is 5.87. The fourth-order valence-corrected chi connectivity index (χ4v) is 1.58. The molecule has 0 aliphatic carbocycles. The van der Waals surface area contributed by atoms with Crippen molar-refractivity contribution in [2.24, 2.45) is 0 Å². The lowest BCUT2D eigenvalue weighted by Gasteiger charge is -2.19. The molecule has 2 amide bonds. The predicted molar refractivity (Wildman–Crippen MR) is 85.9 cm³/mol. The van der Waals surface area contributed by atoms with Crippen LogP contribution in [0.4, 0.5) is 16.3 Å². The highest BCUT2D eigenvalue weighted by Crippen LogP contribution is 2.09. The first-order chi connectivity index (χ1) is 10.3. The summed E-state index contributed by atoms with van der Waals surface area (Å²) < 4.78 is 5.13. The first-order valence-corrected chi connectivity index (χ1v) is 7.20. The van der Waals surface area contributed by atoms with Gasteiger partial charge in [0.1, 0.15) is 11.4 Å². The second kappa shape index (κ2) is 8.21. The average Bonchev–Trinajstić information content (AvgIpc) is 2.37. The normalized spacial score (nSPS) is 10.7. The fraction of sp³-hybridized carbons (Fsp3) is 0.533. The molecule has 22 heavy (non-hydrogen) atoms. The Balaban J connectivity index is 2.19. The Bertz CT molecular complexity index is 495. The maximum atomic E-state index is 11.4. The van der Waals surface area contributed by atoms with Crippen molar-refractivity contribution in [1.29, 1.82) is 0 Å². The molecule has 0 aliphatic heterocycles. The molecule has 0 fully saturated rings. The van der Waals surface area contributed by atoms with E-state index in [0.29, 0.717) is 18.9 Å². The Labute approximate surface area is 130 Å². The van der Waals surface area contributed by atoms with Crippen LogP contribution in [0.25, 0.3) is 0 Å². The van der Waals surface area contributed by atoms with E-state index in [9.17, 15) is 9.59 Å². The van der Waals surface area contributed by atoms with Crippen LogP contribution in [0.3, 0.4) is 0 Å². The number of anilines is 2. The monoisotopic (exact) mass is 308 g/mol. The van der Waals surface area contributed by atoms with E-state index in [2.05, 4.69) is 20.9 Å². The number of carbonyl (C=O) groups excluding carboxylic acids is 2. The van der Waals surface area contributed by atoms with Gasteiger partial charge in [-0.2, -0.15) is 0 Å². The molecular weight excluding hydrogens is 284 g/mol. The maximum Gasteiger partial charge on any atom is 0.407 e. The molecule has 7 nitrogen and oxygen atoms in total. The second-order valence-electron chi connectivity index (χ2n) is 5.82. The van der Waals surface area contributed by atoms with Crippen LogP contribution in [0.1, 0.15) is 34.1 Å². The van der Waals surface area contributed by atoms with Gasteiger partial charge in [0.25, 0.3) is 0 Å². The Morgan fingerprint density at radius 3 is 2.50 bits per heavy atom. The summed E-state index contributed by atoms with van der Waals surface area (Å²) in [6, 6.07) is 3.56. The molecule has 0 atom stereocenters. The number of pyridine rings is 1. The minimum absolute atomic E-state index is 0.151. The van der Waals surface area contributed by atoms with Crippen molar-refractivity contribution >= 4 is 23.5 Å². The van der Waals surface area contributed by atoms with E-state index >= 15 is 0 Å². The van der Waals surface area contributed by atoms with Crippen LogP contribution in [0.5, 0.6) is 0 Å². The smallest absolute Gasteiger partial charge is 0.407 e. The zero-order chi connectivity index (χ0) is 16.6. The number of hydrogen-bond acceptors (Lipinski definition) is 5. The lowest BCUT2D eigenvalue weighted by molar-refractivity contribution is -0.114. The van der Waals surface area contributed by atoms with Gasteiger partial charge in [-0.1, -0.05) is 0 Å². The van der Waals surface area contributed by atoms with E-state index in [4.69, 9.17) is 4.74 Å². The summed E-state index contributed by atoms with van der Waals surface area (Å²) in [5.41, 5.74) is 0.371. The summed E-state index contributed by atoms with van der Waals surface area (Å²) in [5, 5.41) is 8.47. The maximum absolute atomic E-state index is 11.4. The quantitative estimate of drug-likeness (QED) is 0.702. The molecular formula is C15H24N4O3. The third-order valence-electron chi connectivity index (χ3n) is 2.42. The van der Waals surface area contributed by atoms with E-state index in [1.54, 1.807) is 12.3 Å². The number of amides is 2. The summed E-state index contributed by atoms with van der Waals surface area (Å²) in [5.74, 6) is 0.367. The van der Waals surface area contributed by atoms with Gasteiger partial charge < -0.3 is 20.7 Å². The molecule has 0 bridgehead atoms. The van der Waals surface area contributed by atoms with E-state index < -0.39 is 11.7 Å². The van der Waals surface area contributed by atoms with Crippen molar-refractivity contribution in [3.8, 4) is 0 Å². The van der Waals surface area contributed by atoms with Crippen LogP contribution in [-0.4, -0.2) is 35.7 Å². The number of nitrogens with one attached hydrogen (secondary N) is 3. The van der Waals surface area contributed by atoms with E-state index in [1.165, 1.54) is 6.92 Å². The standard InChI is InChI=1S/C15H24N4O3/c1-11(20)19-13-7-6-12(10-18-13)16-8-5-9-17-14(21)22-15(2,3)4/h6-7,10,16H,5,8-9H2,1-4H3,(H,17,21)(H,18,19,20). The van der Waals surface area contributed by atoms with Crippen LogP contribution < -0.4 is 16.0 Å². The molecule has 1 rings (SSSR count). The molecule has 0 radical (unpaired) electrons. The highest BCUT2D eigenvalue weighted by Gasteiger charge is 2.15. The van der Waals surface area contributed by atoms with Crippen LogP contribution in [0.15, 0.2) is 18.3 Å². The van der Waals surface area contributed by atoms with Gasteiger partial charge in [-0.3, -0.25) is 4.79 Å². The summed E-state index contributed by atoms with van der Waals surface area (Å²) in [7, 11) is 0. The molecule has 0 aliphatic rings. The Hall–Kier alpha value is -2.31. The van der Waals surface area contributed by atoms with Gasteiger partial charge in [0, 0.05) is 20.0 Å². The molecule has 0 spiro atoms. The second-order valence-corrected chi connectivity index (χ2v) is 5.82. The van der Waals surface area contributed by atoms with E-state index in [1.807, 2.05) is 26.8 Å². The van der Waals surface area contributed by atoms with Gasteiger partial charge in [-0.25, -0.2) is 9.78 Å². The third kappa shape index (κ3) is 8.08. The van der Waals surface area contributed by atoms with Crippen molar-refractivity contribution < 1.29 is 14.3 Å². The largest absolute Gasteiger partial charge is 0.444 e. The zero-order valence-corrected chi connectivity index (χ0v) is 13.5. The lowest BCUT2D eigenvalue weighted by Crippen LogP contribution is -2.33. The molecule has 0 saturated carbocycles. The van der Waals surface area contributed by atoms with Gasteiger partial charge in [-0.05, 0) is 39.3 Å².